The van der Waals surface area contributed by atoms with Crippen LogP contribution in [0.5, 0.6) is 0 Å². The molecule has 4 aliphatic rings. The fourth-order valence-electron chi connectivity index (χ4n) is 10.8. The van der Waals surface area contributed by atoms with E-state index < -0.39 is 0 Å². The van der Waals surface area contributed by atoms with Gasteiger partial charge in [-0.1, -0.05) is 110 Å². The monoisotopic (exact) mass is 714 g/mol. The number of hydrogen-bond acceptors (Lipinski definition) is 3. The summed E-state index contributed by atoms with van der Waals surface area (Å²) in [5, 5.41) is 2.61. The van der Waals surface area contributed by atoms with Gasteiger partial charge in [0.05, 0.1) is 5.69 Å². The lowest BCUT2D eigenvalue weighted by molar-refractivity contribution is 0.0973. The molecule has 3 heteroatoms. The van der Waals surface area contributed by atoms with E-state index in [2.05, 4.69) is 186 Å². The Morgan fingerprint density at radius 2 is 1.13 bits per heavy atom. The van der Waals surface area contributed by atoms with Crippen molar-refractivity contribution in [3.63, 3.8) is 0 Å². The van der Waals surface area contributed by atoms with Gasteiger partial charge in [0.2, 0.25) is 0 Å². The Labute approximate surface area is 322 Å². The molecule has 1 spiro atoms. The van der Waals surface area contributed by atoms with Crippen LogP contribution >= 0.6 is 11.3 Å². The van der Waals surface area contributed by atoms with Crippen LogP contribution in [0.1, 0.15) is 44.1 Å². The first-order valence-electron chi connectivity index (χ1n) is 19.6. The summed E-state index contributed by atoms with van der Waals surface area (Å²) < 4.78 is 2.63. The maximum atomic E-state index is 2.47. The number of hydrogen-bond donors (Lipinski definition) is 0. The average Bonchev–Trinajstić information content (AvgIpc) is 3.96. The second kappa shape index (κ2) is 12.5. The molecule has 262 valence electrons. The highest BCUT2D eigenvalue weighted by molar-refractivity contribution is 7.25. The summed E-state index contributed by atoms with van der Waals surface area (Å²) in [5.41, 5.74) is 11.9. The Hall–Kier alpha value is -5.64. The van der Waals surface area contributed by atoms with Crippen molar-refractivity contribution in [2.75, 3.05) is 9.80 Å². The summed E-state index contributed by atoms with van der Waals surface area (Å²) in [5.74, 6) is 0.945. The molecule has 12 rings (SSSR count). The Morgan fingerprint density at radius 3 is 1.94 bits per heavy atom. The van der Waals surface area contributed by atoms with Crippen LogP contribution in [0.2, 0.25) is 0 Å². The normalized spacial score (nSPS) is 21.2. The van der Waals surface area contributed by atoms with E-state index in [4.69, 9.17) is 0 Å². The molecule has 1 heterocycles. The molecule has 1 unspecified atom stereocenters. The molecule has 0 radical (unpaired) electrons. The van der Waals surface area contributed by atoms with Crippen LogP contribution in [0.15, 0.2) is 176 Å². The van der Waals surface area contributed by atoms with E-state index in [1.807, 2.05) is 11.3 Å². The Kier molecular flexibility index (Phi) is 7.35. The third-order valence-corrected chi connectivity index (χ3v) is 14.2. The van der Waals surface area contributed by atoms with Crippen molar-refractivity contribution >= 4 is 65.6 Å². The fraction of sp³-hybridized carbons (Fsp3) is 0.176. The van der Waals surface area contributed by atoms with Gasteiger partial charge in [-0.2, -0.15) is 0 Å². The first kappa shape index (κ1) is 31.8. The van der Waals surface area contributed by atoms with Gasteiger partial charge < -0.3 is 9.80 Å². The molecule has 1 aromatic heterocycles. The molecule has 4 aliphatic carbocycles. The fourth-order valence-corrected chi connectivity index (χ4v) is 11.9. The Balaban J connectivity index is 1.05. The molecular weight excluding hydrogens is 673 g/mol. The molecule has 8 aromatic rings. The minimum Gasteiger partial charge on any atom is -0.310 e. The van der Waals surface area contributed by atoms with Gasteiger partial charge >= 0.3 is 0 Å². The van der Waals surface area contributed by atoms with E-state index in [0.29, 0.717) is 10.8 Å². The van der Waals surface area contributed by atoms with Crippen molar-refractivity contribution in [3.05, 3.63) is 181 Å². The highest BCUT2D eigenvalue weighted by Gasteiger charge is 2.67. The topological polar surface area (TPSA) is 6.48 Å². The highest BCUT2D eigenvalue weighted by atomic mass is 32.1. The van der Waals surface area contributed by atoms with Crippen LogP contribution in [-0.2, 0) is 5.41 Å². The van der Waals surface area contributed by atoms with Gasteiger partial charge in [0.15, 0.2) is 0 Å². The zero-order valence-electron chi connectivity index (χ0n) is 30.4. The van der Waals surface area contributed by atoms with E-state index in [9.17, 15) is 0 Å². The van der Waals surface area contributed by atoms with Crippen LogP contribution in [0.4, 0.5) is 34.1 Å². The predicted octanol–water partition coefficient (Wildman–Crippen LogP) is 14.9. The maximum Gasteiger partial charge on any atom is 0.0540 e. The number of fused-ring (bicyclic) bond motifs is 3. The van der Waals surface area contributed by atoms with Crippen molar-refractivity contribution in [1.29, 1.82) is 0 Å². The third kappa shape index (κ3) is 5.06. The number of benzene rings is 7. The molecule has 0 aliphatic heterocycles. The van der Waals surface area contributed by atoms with Gasteiger partial charge in [-0.3, -0.25) is 0 Å². The molecule has 2 nitrogen and oxygen atoms in total. The third-order valence-electron chi connectivity index (χ3n) is 13.1. The zero-order valence-corrected chi connectivity index (χ0v) is 31.2. The Bertz CT molecular complexity index is 2630. The summed E-state index contributed by atoms with van der Waals surface area (Å²) in [6, 6.07) is 65.0. The van der Waals surface area contributed by atoms with Crippen molar-refractivity contribution in [3.8, 4) is 11.1 Å². The molecule has 2 bridgehead atoms. The quantitative estimate of drug-likeness (QED) is 0.155. The van der Waals surface area contributed by atoms with Gasteiger partial charge in [-0.15, -0.1) is 11.3 Å². The molecule has 54 heavy (non-hydrogen) atoms. The summed E-state index contributed by atoms with van der Waals surface area (Å²) in [7, 11) is 0. The predicted molar refractivity (Wildman–Crippen MR) is 229 cm³/mol. The summed E-state index contributed by atoms with van der Waals surface area (Å²) >= 11 is 1.86. The van der Waals surface area contributed by atoms with Crippen LogP contribution in [-0.4, -0.2) is 0 Å². The van der Waals surface area contributed by atoms with Crippen LogP contribution < -0.4 is 9.80 Å². The molecular formula is C51H42N2S. The van der Waals surface area contributed by atoms with E-state index >= 15 is 0 Å². The van der Waals surface area contributed by atoms with Crippen molar-refractivity contribution < 1.29 is 0 Å². The standard InChI is InChI=1S/C51H42N2S/c1-3-13-36(14-4-1)44-20-7-9-22-47(44)53(40-26-24-37(25-27-40)51-33-38-15-12-30-50(38,34-51)35-51)42-19-11-18-41(31-42)52(39-16-5-2-6-17-39)43-28-29-49-46(32-43)45-21-8-10-23-48(45)54-49/h1-11,13-14,16-29,31-32,38H,12,15,30,33-35H2. The minimum atomic E-state index is 0.390. The Morgan fingerprint density at radius 1 is 0.500 bits per heavy atom. The maximum absolute atomic E-state index is 2.47. The summed E-state index contributed by atoms with van der Waals surface area (Å²) in [6.07, 6.45) is 8.52. The van der Waals surface area contributed by atoms with E-state index in [1.54, 1.807) is 5.56 Å². The minimum absolute atomic E-state index is 0.390. The van der Waals surface area contributed by atoms with Gasteiger partial charge in [0.25, 0.3) is 0 Å². The molecule has 0 N–H and O–H groups in total. The molecule has 7 aromatic carbocycles. The van der Waals surface area contributed by atoms with Crippen molar-refractivity contribution in [1.82, 2.24) is 0 Å². The molecule has 4 saturated carbocycles. The largest absolute Gasteiger partial charge is 0.310 e. The van der Waals surface area contributed by atoms with Gasteiger partial charge in [0, 0.05) is 54.2 Å². The number of nitrogens with zero attached hydrogens (tertiary/aromatic N) is 2. The van der Waals surface area contributed by atoms with E-state index in [-0.39, 0.29) is 0 Å². The SMILES string of the molecule is c1ccc(-c2ccccc2N(c2ccc(C34CC5CCCC5(C3)C4)cc2)c2cccc(N(c3ccccc3)c3ccc4sc5ccccc5c4c3)c2)cc1. The molecule has 4 fully saturated rings. The van der Waals surface area contributed by atoms with E-state index in [0.717, 1.165) is 28.7 Å². The van der Waals surface area contributed by atoms with Crippen LogP contribution in [0.3, 0.4) is 0 Å². The van der Waals surface area contributed by atoms with Crippen molar-refractivity contribution in [2.24, 2.45) is 11.3 Å². The molecule has 0 amide bonds. The lowest BCUT2D eigenvalue weighted by Crippen LogP contribution is -2.40. The number of para-hydroxylation sites is 2. The van der Waals surface area contributed by atoms with Crippen LogP contribution in [0, 0.1) is 11.3 Å². The van der Waals surface area contributed by atoms with E-state index in [1.165, 1.54) is 81.2 Å². The molecule has 1 atom stereocenters. The van der Waals surface area contributed by atoms with Crippen molar-refractivity contribution in [2.45, 2.75) is 43.9 Å². The van der Waals surface area contributed by atoms with Gasteiger partial charge in [-0.25, -0.2) is 0 Å². The lowest BCUT2D eigenvalue weighted by atomic mass is 9.56. The average molecular weight is 715 g/mol. The second-order valence-electron chi connectivity index (χ2n) is 16.0. The van der Waals surface area contributed by atoms with Gasteiger partial charge in [-0.05, 0) is 133 Å². The summed E-state index contributed by atoms with van der Waals surface area (Å²) in [4.78, 5) is 4.87. The zero-order chi connectivity index (χ0) is 35.7. The number of rotatable bonds is 8. The molecule has 0 saturated heterocycles. The first-order chi connectivity index (χ1) is 26.7. The second-order valence-corrected chi connectivity index (χ2v) is 17.1. The first-order valence-corrected chi connectivity index (χ1v) is 20.4. The highest BCUT2D eigenvalue weighted by Crippen LogP contribution is 2.75. The van der Waals surface area contributed by atoms with Crippen LogP contribution in [0.25, 0.3) is 31.3 Å². The van der Waals surface area contributed by atoms with Gasteiger partial charge in [0.1, 0.15) is 0 Å². The lowest BCUT2D eigenvalue weighted by Gasteiger charge is -2.48. The number of anilines is 6. The number of thiophene rings is 1. The summed E-state index contributed by atoms with van der Waals surface area (Å²) in [6.45, 7) is 0. The smallest absolute Gasteiger partial charge is 0.0540 e.